The summed E-state index contributed by atoms with van der Waals surface area (Å²) in [6, 6.07) is 0. The molecule has 1 aromatic rings. The molecule has 0 saturated carbocycles. The van der Waals surface area contributed by atoms with E-state index in [-0.39, 0.29) is 0 Å². The third-order valence-corrected chi connectivity index (χ3v) is 2.05. The molecule has 0 aliphatic rings. The van der Waals surface area contributed by atoms with Crippen molar-refractivity contribution in [2.75, 3.05) is 0 Å². The van der Waals surface area contributed by atoms with Crippen LogP contribution in [0.2, 0.25) is 0 Å². The molecule has 0 spiro atoms. The monoisotopic (exact) mass is 178 g/mol. The molecule has 1 aromatic heterocycles. The van der Waals surface area contributed by atoms with Crippen molar-refractivity contribution in [2.45, 2.75) is 40.5 Å². The summed E-state index contributed by atoms with van der Waals surface area (Å²) in [5.41, 5.74) is 2.39. The Kier molecular flexibility index (Phi) is 3.40. The van der Waals surface area contributed by atoms with Gasteiger partial charge in [0.15, 0.2) is 0 Å². The van der Waals surface area contributed by atoms with Crippen LogP contribution in [0.15, 0.2) is 6.20 Å². The number of aryl methyl sites for hydroxylation is 2. The van der Waals surface area contributed by atoms with Crippen molar-refractivity contribution in [2.24, 2.45) is 5.92 Å². The smallest absolute Gasteiger partial charge is 0.128 e. The summed E-state index contributed by atoms with van der Waals surface area (Å²) in [5, 5.41) is 0. The van der Waals surface area contributed by atoms with Crippen molar-refractivity contribution in [1.82, 2.24) is 9.97 Å². The molecule has 0 saturated heterocycles. The Balaban J connectivity index is 2.86. The fraction of sp³-hybridized carbons (Fsp3) is 0.636. The summed E-state index contributed by atoms with van der Waals surface area (Å²) in [4.78, 5) is 8.84. The Morgan fingerprint density at radius 3 is 2.62 bits per heavy atom. The summed E-state index contributed by atoms with van der Waals surface area (Å²) in [7, 11) is 0. The molecule has 0 amide bonds. The molecule has 2 heteroatoms. The predicted molar refractivity (Wildman–Crippen MR) is 54.7 cm³/mol. The highest BCUT2D eigenvalue weighted by molar-refractivity contribution is 5.15. The second-order valence-corrected chi connectivity index (χ2v) is 3.87. The summed E-state index contributed by atoms with van der Waals surface area (Å²) in [6.07, 6.45) is 3.91. The van der Waals surface area contributed by atoms with Gasteiger partial charge >= 0.3 is 0 Å². The Hall–Kier alpha value is -0.920. The van der Waals surface area contributed by atoms with E-state index in [1.54, 1.807) is 0 Å². The lowest BCUT2D eigenvalue weighted by molar-refractivity contribution is 0.616. The molecule has 0 aromatic carbocycles. The minimum absolute atomic E-state index is 0.632. The molecular formula is C11H18N2. The van der Waals surface area contributed by atoms with Crippen LogP contribution in [0.1, 0.15) is 37.9 Å². The van der Waals surface area contributed by atoms with Crippen LogP contribution in [0.5, 0.6) is 0 Å². The van der Waals surface area contributed by atoms with E-state index >= 15 is 0 Å². The molecule has 2 nitrogen and oxygen atoms in total. The zero-order valence-electron chi connectivity index (χ0n) is 8.96. The van der Waals surface area contributed by atoms with Gasteiger partial charge < -0.3 is 0 Å². The standard InChI is InChI=1S/C11H18N2/c1-5-10-9(4)7-12-11(13-10)6-8(2)3/h7-8H,5-6H2,1-4H3. The highest BCUT2D eigenvalue weighted by atomic mass is 14.9. The Bertz CT molecular complexity index is 279. The molecule has 0 unspecified atom stereocenters. The fourth-order valence-electron chi connectivity index (χ4n) is 1.34. The van der Waals surface area contributed by atoms with Gasteiger partial charge in [0.1, 0.15) is 5.82 Å². The van der Waals surface area contributed by atoms with E-state index in [1.165, 1.54) is 11.3 Å². The molecule has 1 heterocycles. The van der Waals surface area contributed by atoms with Crippen molar-refractivity contribution >= 4 is 0 Å². The number of rotatable bonds is 3. The fourth-order valence-corrected chi connectivity index (χ4v) is 1.34. The minimum atomic E-state index is 0.632. The van der Waals surface area contributed by atoms with Crippen molar-refractivity contribution in [1.29, 1.82) is 0 Å². The van der Waals surface area contributed by atoms with E-state index in [0.717, 1.165) is 18.7 Å². The van der Waals surface area contributed by atoms with E-state index in [2.05, 4.69) is 37.7 Å². The lowest BCUT2D eigenvalue weighted by atomic mass is 10.1. The maximum absolute atomic E-state index is 4.52. The van der Waals surface area contributed by atoms with Gasteiger partial charge in [-0.25, -0.2) is 9.97 Å². The minimum Gasteiger partial charge on any atom is -0.241 e. The van der Waals surface area contributed by atoms with E-state index in [1.807, 2.05) is 6.20 Å². The van der Waals surface area contributed by atoms with Gasteiger partial charge in [-0.1, -0.05) is 20.8 Å². The maximum atomic E-state index is 4.52. The highest BCUT2D eigenvalue weighted by Crippen LogP contribution is 2.07. The molecule has 0 aliphatic carbocycles. The molecule has 72 valence electrons. The average Bonchev–Trinajstić information content (AvgIpc) is 2.07. The number of hydrogen-bond donors (Lipinski definition) is 0. The number of aromatic nitrogens is 2. The first-order chi connectivity index (χ1) is 6.13. The Labute approximate surface area is 80.4 Å². The second kappa shape index (κ2) is 4.35. The van der Waals surface area contributed by atoms with Crippen LogP contribution in [0.4, 0.5) is 0 Å². The number of hydrogen-bond acceptors (Lipinski definition) is 2. The third-order valence-electron chi connectivity index (χ3n) is 2.05. The van der Waals surface area contributed by atoms with Crippen LogP contribution in [-0.2, 0) is 12.8 Å². The molecule has 0 N–H and O–H groups in total. The number of nitrogens with zero attached hydrogens (tertiary/aromatic N) is 2. The van der Waals surface area contributed by atoms with Crippen LogP contribution in [0.3, 0.4) is 0 Å². The van der Waals surface area contributed by atoms with Gasteiger partial charge in [-0.3, -0.25) is 0 Å². The van der Waals surface area contributed by atoms with Gasteiger partial charge in [-0.2, -0.15) is 0 Å². The predicted octanol–water partition coefficient (Wildman–Crippen LogP) is 2.55. The average molecular weight is 178 g/mol. The maximum Gasteiger partial charge on any atom is 0.128 e. The molecule has 0 fully saturated rings. The first-order valence-corrected chi connectivity index (χ1v) is 4.94. The molecule has 0 aliphatic heterocycles. The van der Waals surface area contributed by atoms with Gasteiger partial charge in [0.2, 0.25) is 0 Å². The summed E-state index contributed by atoms with van der Waals surface area (Å²) in [6.45, 7) is 8.58. The van der Waals surface area contributed by atoms with Crippen molar-refractivity contribution in [3.05, 3.63) is 23.3 Å². The van der Waals surface area contributed by atoms with Crippen LogP contribution in [0.25, 0.3) is 0 Å². The summed E-state index contributed by atoms with van der Waals surface area (Å²) in [5.74, 6) is 1.62. The second-order valence-electron chi connectivity index (χ2n) is 3.87. The SMILES string of the molecule is CCc1nc(CC(C)C)ncc1C. The lowest BCUT2D eigenvalue weighted by Gasteiger charge is -2.06. The van der Waals surface area contributed by atoms with Gasteiger partial charge in [0, 0.05) is 18.3 Å². The van der Waals surface area contributed by atoms with Crippen molar-refractivity contribution in [3.63, 3.8) is 0 Å². The zero-order valence-corrected chi connectivity index (χ0v) is 8.96. The normalized spacial score (nSPS) is 10.8. The first-order valence-electron chi connectivity index (χ1n) is 4.94. The highest BCUT2D eigenvalue weighted by Gasteiger charge is 2.03. The van der Waals surface area contributed by atoms with Crippen molar-refractivity contribution in [3.8, 4) is 0 Å². The topological polar surface area (TPSA) is 25.8 Å². The molecule has 0 bridgehead atoms. The molecule has 0 atom stereocenters. The third kappa shape index (κ3) is 2.79. The first kappa shape index (κ1) is 10.2. The molecule has 1 rings (SSSR count). The van der Waals surface area contributed by atoms with Crippen LogP contribution in [0, 0.1) is 12.8 Å². The van der Waals surface area contributed by atoms with Gasteiger partial charge in [0.25, 0.3) is 0 Å². The van der Waals surface area contributed by atoms with E-state index in [0.29, 0.717) is 5.92 Å². The summed E-state index contributed by atoms with van der Waals surface area (Å²) < 4.78 is 0. The Morgan fingerprint density at radius 2 is 2.08 bits per heavy atom. The van der Waals surface area contributed by atoms with Crippen molar-refractivity contribution < 1.29 is 0 Å². The van der Waals surface area contributed by atoms with Gasteiger partial charge in [-0.15, -0.1) is 0 Å². The molecule has 0 radical (unpaired) electrons. The van der Waals surface area contributed by atoms with Gasteiger partial charge in [-0.05, 0) is 24.8 Å². The lowest BCUT2D eigenvalue weighted by Crippen LogP contribution is -2.04. The largest absolute Gasteiger partial charge is 0.241 e. The molecule has 13 heavy (non-hydrogen) atoms. The summed E-state index contributed by atoms with van der Waals surface area (Å²) >= 11 is 0. The van der Waals surface area contributed by atoms with Crippen LogP contribution < -0.4 is 0 Å². The van der Waals surface area contributed by atoms with E-state index in [4.69, 9.17) is 0 Å². The molecular weight excluding hydrogens is 160 g/mol. The van der Waals surface area contributed by atoms with Crippen LogP contribution in [-0.4, -0.2) is 9.97 Å². The van der Waals surface area contributed by atoms with E-state index in [9.17, 15) is 0 Å². The van der Waals surface area contributed by atoms with Crippen LogP contribution >= 0.6 is 0 Å². The van der Waals surface area contributed by atoms with E-state index < -0.39 is 0 Å². The quantitative estimate of drug-likeness (QED) is 0.711. The van der Waals surface area contributed by atoms with Gasteiger partial charge in [0.05, 0.1) is 0 Å². The Morgan fingerprint density at radius 1 is 1.38 bits per heavy atom. The zero-order chi connectivity index (χ0) is 9.84.